The SMILES string of the molecule is CCC1CCC(N(C)C(=O)N(C)CC)CC1. The average Bonchev–Trinajstić information content (AvgIpc) is 2.36. The molecule has 0 aromatic carbocycles. The largest absolute Gasteiger partial charge is 0.328 e. The highest BCUT2D eigenvalue weighted by molar-refractivity contribution is 5.74. The fourth-order valence-electron chi connectivity index (χ4n) is 2.50. The average molecular weight is 226 g/mol. The van der Waals surface area contributed by atoms with Gasteiger partial charge in [0, 0.05) is 26.7 Å². The number of hydrogen-bond donors (Lipinski definition) is 0. The molecular weight excluding hydrogens is 200 g/mol. The van der Waals surface area contributed by atoms with Crippen LogP contribution in [-0.2, 0) is 0 Å². The van der Waals surface area contributed by atoms with Crippen molar-refractivity contribution in [2.45, 2.75) is 52.0 Å². The van der Waals surface area contributed by atoms with E-state index in [0.29, 0.717) is 6.04 Å². The Balaban J connectivity index is 2.43. The first-order valence-corrected chi connectivity index (χ1v) is 6.58. The van der Waals surface area contributed by atoms with Crippen LogP contribution in [0.25, 0.3) is 0 Å². The van der Waals surface area contributed by atoms with Crippen LogP contribution in [0.2, 0.25) is 0 Å². The molecule has 3 nitrogen and oxygen atoms in total. The molecule has 0 radical (unpaired) electrons. The van der Waals surface area contributed by atoms with Crippen molar-refractivity contribution in [1.82, 2.24) is 9.80 Å². The minimum absolute atomic E-state index is 0.169. The molecule has 2 amide bonds. The maximum Gasteiger partial charge on any atom is 0.319 e. The zero-order valence-corrected chi connectivity index (χ0v) is 11.2. The second kappa shape index (κ2) is 6.12. The fourth-order valence-corrected chi connectivity index (χ4v) is 2.50. The van der Waals surface area contributed by atoms with E-state index in [1.54, 1.807) is 4.90 Å². The van der Waals surface area contributed by atoms with Crippen LogP contribution in [0.4, 0.5) is 4.79 Å². The van der Waals surface area contributed by atoms with Gasteiger partial charge in [-0.05, 0) is 38.5 Å². The number of amides is 2. The van der Waals surface area contributed by atoms with Gasteiger partial charge in [-0.25, -0.2) is 4.79 Å². The van der Waals surface area contributed by atoms with Crippen LogP contribution in [-0.4, -0.2) is 42.5 Å². The van der Waals surface area contributed by atoms with Crippen LogP contribution in [0, 0.1) is 5.92 Å². The molecular formula is C13H26N2O. The lowest BCUT2D eigenvalue weighted by Crippen LogP contribution is -2.45. The highest BCUT2D eigenvalue weighted by Crippen LogP contribution is 2.29. The predicted octanol–water partition coefficient (Wildman–Crippen LogP) is 2.96. The number of nitrogens with zero attached hydrogens (tertiary/aromatic N) is 2. The van der Waals surface area contributed by atoms with Crippen molar-refractivity contribution >= 4 is 6.03 Å². The van der Waals surface area contributed by atoms with E-state index >= 15 is 0 Å². The number of carbonyl (C=O) groups is 1. The van der Waals surface area contributed by atoms with Gasteiger partial charge < -0.3 is 9.80 Å². The minimum atomic E-state index is 0.169. The van der Waals surface area contributed by atoms with E-state index in [1.807, 2.05) is 25.9 Å². The van der Waals surface area contributed by atoms with Crippen molar-refractivity contribution in [2.24, 2.45) is 5.92 Å². The molecule has 0 aliphatic heterocycles. The van der Waals surface area contributed by atoms with Crippen molar-refractivity contribution < 1.29 is 4.79 Å². The Bertz CT molecular complexity index is 222. The first-order valence-electron chi connectivity index (χ1n) is 6.58. The normalized spacial score (nSPS) is 25.2. The van der Waals surface area contributed by atoms with Crippen LogP contribution in [0.5, 0.6) is 0 Å². The second-order valence-corrected chi connectivity index (χ2v) is 4.99. The van der Waals surface area contributed by atoms with E-state index in [9.17, 15) is 4.79 Å². The van der Waals surface area contributed by atoms with Crippen molar-refractivity contribution in [3.63, 3.8) is 0 Å². The molecule has 3 heteroatoms. The summed E-state index contributed by atoms with van der Waals surface area (Å²) in [5, 5.41) is 0. The third-order valence-electron chi connectivity index (χ3n) is 4.04. The lowest BCUT2D eigenvalue weighted by Gasteiger charge is -2.36. The lowest BCUT2D eigenvalue weighted by atomic mass is 9.84. The summed E-state index contributed by atoms with van der Waals surface area (Å²) in [7, 11) is 3.82. The van der Waals surface area contributed by atoms with Gasteiger partial charge in [0.2, 0.25) is 0 Å². The molecule has 1 rings (SSSR count). The molecule has 1 saturated carbocycles. The molecule has 0 unspecified atom stereocenters. The Hall–Kier alpha value is -0.730. The van der Waals surface area contributed by atoms with Crippen molar-refractivity contribution in [2.75, 3.05) is 20.6 Å². The van der Waals surface area contributed by atoms with E-state index in [-0.39, 0.29) is 6.03 Å². The summed E-state index contributed by atoms with van der Waals surface area (Å²) in [4.78, 5) is 15.7. The van der Waals surface area contributed by atoms with E-state index in [0.717, 1.165) is 12.5 Å². The standard InChI is InChI=1S/C13H26N2O/c1-5-11-7-9-12(10-8-11)15(4)13(16)14(3)6-2/h11-12H,5-10H2,1-4H3. The molecule has 1 aliphatic carbocycles. The monoisotopic (exact) mass is 226 g/mol. The molecule has 0 spiro atoms. The topological polar surface area (TPSA) is 23.6 Å². The molecule has 1 aliphatic rings. The van der Waals surface area contributed by atoms with Crippen molar-refractivity contribution in [1.29, 1.82) is 0 Å². The van der Waals surface area contributed by atoms with Crippen LogP contribution in [0.1, 0.15) is 46.0 Å². The molecule has 16 heavy (non-hydrogen) atoms. The van der Waals surface area contributed by atoms with Gasteiger partial charge in [-0.3, -0.25) is 0 Å². The van der Waals surface area contributed by atoms with Gasteiger partial charge in [0.15, 0.2) is 0 Å². The second-order valence-electron chi connectivity index (χ2n) is 4.99. The Labute approximate surface area is 99.8 Å². The number of rotatable bonds is 3. The van der Waals surface area contributed by atoms with Gasteiger partial charge in [0.1, 0.15) is 0 Å². The maximum absolute atomic E-state index is 12.0. The first-order chi connectivity index (χ1) is 7.60. The summed E-state index contributed by atoms with van der Waals surface area (Å²) in [5.41, 5.74) is 0. The highest BCUT2D eigenvalue weighted by atomic mass is 16.2. The Morgan fingerprint density at radius 1 is 1.12 bits per heavy atom. The molecule has 0 N–H and O–H groups in total. The molecule has 0 aromatic heterocycles. The van der Waals surface area contributed by atoms with Gasteiger partial charge in [-0.1, -0.05) is 13.3 Å². The molecule has 0 saturated heterocycles. The van der Waals surface area contributed by atoms with Gasteiger partial charge in [0.05, 0.1) is 0 Å². The zero-order chi connectivity index (χ0) is 12.1. The van der Waals surface area contributed by atoms with Crippen LogP contribution in [0.3, 0.4) is 0 Å². The third kappa shape index (κ3) is 3.13. The van der Waals surface area contributed by atoms with Gasteiger partial charge >= 0.3 is 6.03 Å². The highest BCUT2D eigenvalue weighted by Gasteiger charge is 2.26. The zero-order valence-electron chi connectivity index (χ0n) is 11.2. The summed E-state index contributed by atoms with van der Waals surface area (Å²) >= 11 is 0. The quantitative estimate of drug-likeness (QED) is 0.725. The Kier molecular flexibility index (Phi) is 5.10. The number of carbonyl (C=O) groups excluding carboxylic acids is 1. The summed E-state index contributed by atoms with van der Waals surface area (Å²) in [5.74, 6) is 0.892. The van der Waals surface area contributed by atoms with E-state index in [2.05, 4.69) is 6.92 Å². The summed E-state index contributed by atoms with van der Waals surface area (Å²) in [6, 6.07) is 0.631. The van der Waals surface area contributed by atoms with E-state index in [1.165, 1.54) is 32.1 Å². The molecule has 0 aromatic rings. The van der Waals surface area contributed by atoms with Gasteiger partial charge in [-0.2, -0.15) is 0 Å². The first kappa shape index (κ1) is 13.3. The lowest BCUT2D eigenvalue weighted by molar-refractivity contribution is 0.135. The number of hydrogen-bond acceptors (Lipinski definition) is 1. The molecule has 0 atom stereocenters. The predicted molar refractivity (Wildman–Crippen MR) is 67.5 cm³/mol. The third-order valence-corrected chi connectivity index (χ3v) is 4.04. The molecule has 1 fully saturated rings. The van der Waals surface area contributed by atoms with Gasteiger partial charge in [0.25, 0.3) is 0 Å². The van der Waals surface area contributed by atoms with Gasteiger partial charge in [-0.15, -0.1) is 0 Å². The van der Waals surface area contributed by atoms with Crippen LogP contribution >= 0.6 is 0 Å². The Morgan fingerprint density at radius 2 is 1.69 bits per heavy atom. The summed E-state index contributed by atoms with van der Waals surface area (Å²) in [6.45, 7) is 5.07. The minimum Gasteiger partial charge on any atom is -0.328 e. The van der Waals surface area contributed by atoms with Crippen LogP contribution in [0.15, 0.2) is 0 Å². The summed E-state index contributed by atoms with van der Waals surface area (Å²) in [6.07, 6.45) is 6.22. The van der Waals surface area contributed by atoms with Crippen LogP contribution < -0.4 is 0 Å². The maximum atomic E-state index is 12.0. The van der Waals surface area contributed by atoms with Crippen molar-refractivity contribution in [3.05, 3.63) is 0 Å². The van der Waals surface area contributed by atoms with Crippen molar-refractivity contribution in [3.8, 4) is 0 Å². The number of urea groups is 1. The van der Waals surface area contributed by atoms with E-state index < -0.39 is 0 Å². The molecule has 0 heterocycles. The summed E-state index contributed by atoms with van der Waals surface area (Å²) < 4.78 is 0. The smallest absolute Gasteiger partial charge is 0.319 e. The Morgan fingerprint density at radius 3 is 2.12 bits per heavy atom. The fraction of sp³-hybridized carbons (Fsp3) is 0.923. The molecule has 0 bridgehead atoms. The van der Waals surface area contributed by atoms with E-state index in [4.69, 9.17) is 0 Å². The molecule has 94 valence electrons.